The van der Waals surface area contributed by atoms with E-state index in [0.717, 1.165) is 95.4 Å². The van der Waals surface area contributed by atoms with E-state index in [1.165, 1.54) is 77.6 Å². The van der Waals surface area contributed by atoms with Gasteiger partial charge in [-0.2, -0.15) is 0 Å². The number of anilines is 9. The Morgan fingerprint density at radius 1 is 0.267 bits per heavy atom. The van der Waals surface area contributed by atoms with Gasteiger partial charge >= 0.3 is 0 Å². The summed E-state index contributed by atoms with van der Waals surface area (Å²) in [7, 11) is 0. The van der Waals surface area contributed by atoms with Gasteiger partial charge in [-0.1, -0.05) is 303 Å². The normalized spacial score (nSPS) is 13.5. The summed E-state index contributed by atoms with van der Waals surface area (Å²) in [4.78, 5) is 7.84. The van der Waals surface area contributed by atoms with Gasteiger partial charge in [0.2, 0.25) is 0 Å². The van der Waals surface area contributed by atoms with Crippen molar-refractivity contribution >= 4 is 96.2 Å². The first kappa shape index (κ1) is 70.6. The summed E-state index contributed by atoms with van der Waals surface area (Å²) < 4.78 is 6.87. The first-order valence-electron chi connectivity index (χ1n) is 38.1. The minimum absolute atomic E-state index is 0.0123. The van der Waals surface area contributed by atoms with Crippen LogP contribution in [0.25, 0.3) is 66.4 Å². The zero-order valence-corrected chi connectivity index (χ0v) is 66.0. The fraction of sp³-hybridized carbons (Fsp3) is 0.280. The number of benzene rings is 12. The van der Waals surface area contributed by atoms with Crippen LogP contribution < -0.4 is 31.1 Å². The van der Waals surface area contributed by atoms with Gasteiger partial charge in [0, 0.05) is 45.2 Å². The molecule has 0 amide bonds. The van der Waals surface area contributed by atoms with Crippen LogP contribution in [0.2, 0.25) is 0 Å². The highest BCUT2D eigenvalue weighted by molar-refractivity contribution is 7.00. The summed E-state index contributed by atoms with van der Waals surface area (Å²) in [5, 5.41) is 2.13. The third kappa shape index (κ3) is 13.2. The van der Waals surface area contributed by atoms with Crippen molar-refractivity contribution in [2.45, 2.75) is 183 Å². The van der Waals surface area contributed by atoms with E-state index in [0.29, 0.717) is 0 Å². The zero-order valence-electron chi connectivity index (χ0n) is 66.0. The maximum atomic E-state index is 6.87. The molecule has 0 unspecified atom stereocenters. The number of rotatable bonds is 9. The molecule has 1 aromatic heterocycles. The molecule has 5 heteroatoms. The molecule has 0 N–H and O–H groups in total. The van der Waals surface area contributed by atoms with Gasteiger partial charge in [0.25, 0.3) is 6.71 Å². The van der Waals surface area contributed by atoms with Crippen molar-refractivity contribution in [1.82, 2.24) is 0 Å². The van der Waals surface area contributed by atoms with Gasteiger partial charge in [-0.25, -0.2) is 0 Å². The first-order valence-corrected chi connectivity index (χ1v) is 38.1. The van der Waals surface area contributed by atoms with E-state index in [1.807, 2.05) is 0 Å². The van der Waals surface area contributed by atoms with E-state index in [4.69, 9.17) is 4.42 Å². The summed E-state index contributed by atoms with van der Waals surface area (Å²) >= 11 is 0. The van der Waals surface area contributed by atoms with Gasteiger partial charge in [-0.3, -0.25) is 0 Å². The summed E-state index contributed by atoms with van der Waals surface area (Å²) in [5.41, 5.74) is 33.2. The lowest BCUT2D eigenvalue weighted by atomic mass is 9.33. The Bertz CT molecular complexity index is 5080. The van der Waals surface area contributed by atoms with E-state index in [2.05, 4.69) is 409 Å². The monoisotopic (exact) mass is 1370 g/mol. The Labute approximate surface area is 626 Å². The fourth-order valence-corrected chi connectivity index (χ4v) is 15.9. The lowest BCUT2D eigenvalue weighted by Gasteiger charge is -2.46. The third-order valence-electron chi connectivity index (χ3n) is 22.3. The predicted octanol–water partition coefficient (Wildman–Crippen LogP) is 26.9. The van der Waals surface area contributed by atoms with Crippen LogP contribution in [0, 0.1) is 0 Å². The third-order valence-corrected chi connectivity index (χ3v) is 22.3. The lowest BCUT2D eigenvalue weighted by molar-refractivity contribution is 0.590. The van der Waals surface area contributed by atoms with E-state index in [-0.39, 0.29) is 44.6 Å². The van der Waals surface area contributed by atoms with Crippen LogP contribution in [0.3, 0.4) is 0 Å². The molecular formula is C100H104BN3O. The Balaban J connectivity index is 1.11. The van der Waals surface area contributed by atoms with Crippen LogP contribution in [-0.4, -0.2) is 6.71 Å². The topological polar surface area (TPSA) is 22.9 Å². The quantitative estimate of drug-likeness (QED) is 0.134. The maximum absolute atomic E-state index is 6.87. The number of para-hydroxylation sites is 1. The van der Waals surface area contributed by atoms with Crippen molar-refractivity contribution in [2.24, 2.45) is 0 Å². The average molecular weight is 1370 g/mol. The molecule has 13 aromatic rings. The molecule has 2 aliphatic heterocycles. The Morgan fingerprint density at radius 3 is 0.943 bits per heavy atom. The van der Waals surface area contributed by atoms with Gasteiger partial charge in [-0.15, -0.1) is 0 Å². The molecule has 4 nitrogen and oxygen atoms in total. The van der Waals surface area contributed by atoms with Crippen LogP contribution in [0.5, 0.6) is 0 Å². The van der Waals surface area contributed by atoms with E-state index >= 15 is 0 Å². The second kappa shape index (κ2) is 25.3. The fourth-order valence-electron chi connectivity index (χ4n) is 15.9. The number of furan rings is 1. The predicted molar refractivity (Wildman–Crippen MR) is 455 cm³/mol. The Morgan fingerprint density at radius 2 is 0.590 bits per heavy atom. The maximum Gasteiger partial charge on any atom is 0.252 e. The number of fused-ring (bicyclic) bond motifs is 7. The number of hydrogen-bond donors (Lipinski definition) is 0. The van der Waals surface area contributed by atoms with Crippen LogP contribution >= 0.6 is 0 Å². The van der Waals surface area contributed by atoms with Crippen LogP contribution in [0.15, 0.2) is 253 Å². The molecule has 0 fully saturated rings. The molecule has 2 aliphatic rings. The van der Waals surface area contributed by atoms with Crippen LogP contribution in [-0.2, 0) is 37.9 Å². The smallest absolute Gasteiger partial charge is 0.252 e. The molecule has 3 heterocycles. The van der Waals surface area contributed by atoms with Crippen molar-refractivity contribution in [2.75, 3.05) is 14.7 Å². The van der Waals surface area contributed by atoms with Gasteiger partial charge in [0.15, 0.2) is 0 Å². The molecule has 0 bridgehead atoms. The van der Waals surface area contributed by atoms with Gasteiger partial charge < -0.3 is 19.1 Å². The van der Waals surface area contributed by atoms with Gasteiger partial charge in [0.1, 0.15) is 11.2 Å². The molecule has 0 saturated carbocycles. The van der Waals surface area contributed by atoms with E-state index in [1.54, 1.807) is 0 Å². The molecule has 15 rings (SSSR count). The molecular weight excluding hydrogens is 1270 g/mol. The second-order valence-electron chi connectivity index (χ2n) is 37.3. The minimum atomic E-state index is -0.193. The Hall–Kier alpha value is -10.1. The van der Waals surface area contributed by atoms with Crippen molar-refractivity contribution in [3.63, 3.8) is 0 Å². The zero-order chi connectivity index (χ0) is 74.4. The van der Waals surface area contributed by atoms with Crippen molar-refractivity contribution < 1.29 is 4.42 Å². The van der Waals surface area contributed by atoms with Crippen molar-refractivity contribution in [3.8, 4) is 44.5 Å². The average Bonchev–Trinajstić information content (AvgIpc) is 1.65. The molecule has 0 atom stereocenters. The molecule has 0 radical (unpaired) electrons. The SMILES string of the molecule is CC(C)(C)c1ccc(-c2cc(-c3ccc(C(C)(C)C)cc3)cc(N3c4ccc(C(C)(C)C)cc4B4c5cc(C(C)(C)C)ccc5N(c5cc(-c6ccc(C(C)(C)C)cc6)cc(-c6ccc(C(C)(C)C)cc6)c5)c5cc(N(c6ccc(C(C)(C)C)cc6)c6cccc7oc8ccccc8c67)cc3c54)c2)cc1. The molecule has 0 aliphatic carbocycles. The largest absolute Gasteiger partial charge is 0.456 e. The van der Waals surface area contributed by atoms with Gasteiger partial charge in [0.05, 0.1) is 16.8 Å². The van der Waals surface area contributed by atoms with E-state index < -0.39 is 0 Å². The summed E-state index contributed by atoms with van der Waals surface area (Å²) in [6.45, 7) is 48.6. The van der Waals surface area contributed by atoms with Gasteiger partial charge in [-0.05, 0) is 229 Å². The summed E-state index contributed by atoms with van der Waals surface area (Å²) in [6, 6.07) is 96.6. The van der Waals surface area contributed by atoms with Crippen molar-refractivity contribution in [1.29, 1.82) is 0 Å². The molecule has 528 valence electrons. The highest BCUT2D eigenvalue weighted by Crippen LogP contribution is 2.53. The Kier molecular flexibility index (Phi) is 17.0. The standard InChI is InChI=1S/C100H104BN3O/c1-94(2,3)71-37-29-63(30-38-71)67-53-68(64-31-39-72(40-32-64)95(4,5)6)56-79(55-67)103-85-51-47-76(99(16,17)18)59-83(85)101-84-60-77(100(19,20)21)48-52-86(84)104(80-57-69(65-33-41-73(42-34-65)96(7,8)9)54-70(58-80)66-35-43-74(44-36-66)97(10,11)12)89-62-81(61-88(103)93(89)101)102(78-49-45-75(46-50-78)98(13,14)15)87-26-24-28-91-92(87)82-25-22-23-27-90(82)105-91/h22-62H,1-21H3. The lowest BCUT2D eigenvalue weighted by Crippen LogP contribution is -2.61. The van der Waals surface area contributed by atoms with Crippen LogP contribution in [0.4, 0.5) is 51.2 Å². The van der Waals surface area contributed by atoms with E-state index in [9.17, 15) is 0 Å². The highest BCUT2D eigenvalue weighted by Gasteiger charge is 2.46. The number of nitrogens with zero attached hydrogens (tertiary/aromatic N) is 3. The molecule has 105 heavy (non-hydrogen) atoms. The second-order valence-corrected chi connectivity index (χ2v) is 37.3. The molecule has 0 saturated heterocycles. The van der Waals surface area contributed by atoms with Crippen molar-refractivity contribution in [3.05, 3.63) is 288 Å². The van der Waals surface area contributed by atoms with Crippen LogP contribution in [0.1, 0.15) is 184 Å². The highest BCUT2D eigenvalue weighted by atomic mass is 16.3. The molecule has 0 spiro atoms. The summed E-state index contributed by atoms with van der Waals surface area (Å²) in [5.74, 6) is 0. The summed E-state index contributed by atoms with van der Waals surface area (Å²) in [6.07, 6.45) is 0. The first-order chi connectivity index (χ1) is 49.4. The minimum Gasteiger partial charge on any atom is -0.456 e. The molecule has 12 aromatic carbocycles. The number of hydrogen-bond acceptors (Lipinski definition) is 4.